The maximum absolute atomic E-state index is 12.3. The molecule has 0 radical (unpaired) electrons. The van der Waals surface area contributed by atoms with Crippen molar-refractivity contribution < 1.29 is 14.7 Å². The van der Waals surface area contributed by atoms with Gasteiger partial charge in [-0.25, -0.2) is 14.6 Å². The van der Waals surface area contributed by atoms with E-state index in [1.165, 1.54) is 11.1 Å². The molecule has 2 aromatic heterocycles. The van der Waals surface area contributed by atoms with Gasteiger partial charge in [0.05, 0.1) is 35.6 Å². The summed E-state index contributed by atoms with van der Waals surface area (Å²) in [6.07, 6.45) is 1.52. The Kier molecular flexibility index (Phi) is 5.00. The van der Waals surface area contributed by atoms with Gasteiger partial charge in [-0.2, -0.15) is 5.10 Å². The Hall–Kier alpha value is -3.66. The molecule has 0 unspecified atom stereocenters. The van der Waals surface area contributed by atoms with Crippen molar-refractivity contribution in [1.29, 1.82) is 0 Å². The summed E-state index contributed by atoms with van der Waals surface area (Å²) in [5.74, 6) is 0.684. The molecule has 1 aliphatic rings. The number of hydrogen-bond acceptors (Lipinski definition) is 5. The first-order valence-electron chi connectivity index (χ1n) is 9.56. The number of fused-ring (bicyclic) bond motifs is 1. The first-order chi connectivity index (χ1) is 14.3. The maximum Gasteiger partial charge on any atom is 0.323 e. The second-order valence-electron chi connectivity index (χ2n) is 7.70. The number of nitrogens with zero attached hydrogens (tertiary/aromatic N) is 3. The van der Waals surface area contributed by atoms with Crippen LogP contribution in [-0.2, 0) is 0 Å². The highest BCUT2D eigenvalue weighted by atomic mass is 16.3. The number of aliphatic hydroxyl groups is 1. The summed E-state index contributed by atoms with van der Waals surface area (Å²) >= 11 is 0. The zero-order valence-electron chi connectivity index (χ0n) is 16.6. The number of pyridine rings is 1. The number of aromatic nitrogens is 3. The van der Waals surface area contributed by atoms with Crippen LogP contribution in [0.4, 0.5) is 21.2 Å². The van der Waals surface area contributed by atoms with E-state index in [4.69, 9.17) is 0 Å². The van der Waals surface area contributed by atoms with Gasteiger partial charge in [0, 0.05) is 12.3 Å². The van der Waals surface area contributed by atoms with Crippen molar-refractivity contribution >= 4 is 34.6 Å². The van der Waals surface area contributed by atoms with Gasteiger partial charge >= 0.3 is 12.1 Å². The summed E-state index contributed by atoms with van der Waals surface area (Å²) in [6, 6.07) is 10.4. The number of hydrogen-bond donors (Lipinski definition) is 5. The van der Waals surface area contributed by atoms with E-state index in [1.807, 2.05) is 37.3 Å². The lowest BCUT2D eigenvalue weighted by molar-refractivity contribution is -0.0581. The van der Waals surface area contributed by atoms with Crippen LogP contribution < -0.4 is 16.0 Å². The van der Waals surface area contributed by atoms with E-state index in [0.717, 1.165) is 5.56 Å². The quantitative estimate of drug-likeness (QED) is 0.451. The van der Waals surface area contributed by atoms with Gasteiger partial charge in [-0.3, -0.25) is 15.7 Å². The second kappa shape index (κ2) is 7.64. The Morgan fingerprint density at radius 2 is 1.97 bits per heavy atom. The van der Waals surface area contributed by atoms with Crippen molar-refractivity contribution in [3.05, 3.63) is 48.2 Å². The van der Waals surface area contributed by atoms with Gasteiger partial charge in [-0.15, -0.1) is 0 Å². The molecule has 10 nitrogen and oxygen atoms in total. The Balaban J connectivity index is 1.38. The zero-order valence-corrected chi connectivity index (χ0v) is 16.6. The smallest absolute Gasteiger partial charge is 0.323 e. The van der Waals surface area contributed by atoms with E-state index in [9.17, 15) is 14.7 Å². The van der Waals surface area contributed by atoms with Crippen LogP contribution in [0, 0.1) is 0 Å². The number of β-amino-alcohol motifs (C(OH)–C–C–N with tert-alkyl or cyclic N) is 1. The highest BCUT2D eigenvalue weighted by Crippen LogP contribution is 2.24. The van der Waals surface area contributed by atoms with Gasteiger partial charge in [0.15, 0.2) is 5.82 Å². The number of aromatic amines is 1. The van der Waals surface area contributed by atoms with E-state index in [1.54, 1.807) is 13.0 Å². The van der Waals surface area contributed by atoms with Gasteiger partial charge in [0.2, 0.25) is 0 Å². The molecule has 4 amide bonds. The fourth-order valence-electron chi connectivity index (χ4n) is 3.35. The molecule has 1 atom stereocenters. The third-order valence-corrected chi connectivity index (χ3v) is 4.91. The molecule has 156 valence electrons. The highest BCUT2D eigenvalue weighted by molar-refractivity contribution is 6.00. The van der Waals surface area contributed by atoms with Gasteiger partial charge in [-0.05, 0) is 19.4 Å². The molecule has 4 rings (SSSR count). The lowest BCUT2D eigenvalue weighted by Gasteiger charge is -2.43. The predicted octanol–water partition coefficient (Wildman–Crippen LogP) is 2.44. The topological polar surface area (TPSA) is 135 Å². The predicted molar refractivity (Wildman–Crippen MR) is 112 cm³/mol. The molecule has 0 aliphatic carbocycles. The number of benzene rings is 1. The number of carbonyl (C=O) groups is 2. The van der Waals surface area contributed by atoms with Crippen LogP contribution in [0.3, 0.4) is 0 Å². The fraction of sp³-hybridized carbons (Fsp3) is 0.300. The number of H-pyrrole nitrogens is 1. The van der Waals surface area contributed by atoms with Gasteiger partial charge in [0.1, 0.15) is 5.82 Å². The Morgan fingerprint density at radius 3 is 2.67 bits per heavy atom. The minimum absolute atomic E-state index is 0.161. The fourth-order valence-corrected chi connectivity index (χ4v) is 3.35. The molecule has 1 saturated heterocycles. The molecule has 1 fully saturated rings. The summed E-state index contributed by atoms with van der Waals surface area (Å²) in [7, 11) is 0. The summed E-state index contributed by atoms with van der Waals surface area (Å²) in [5, 5.41) is 25.6. The molecule has 30 heavy (non-hydrogen) atoms. The van der Waals surface area contributed by atoms with E-state index >= 15 is 0 Å². The van der Waals surface area contributed by atoms with Crippen molar-refractivity contribution in [2.24, 2.45) is 0 Å². The zero-order chi connectivity index (χ0) is 21.3. The third-order valence-electron chi connectivity index (χ3n) is 4.91. The number of likely N-dealkylation sites (tertiary alicyclic amines) is 1. The van der Waals surface area contributed by atoms with Crippen LogP contribution in [-0.4, -0.2) is 55.9 Å². The molecule has 0 bridgehead atoms. The van der Waals surface area contributed by atoms with Crippen molar-refractivity contribution in [1.82, 2.24) is 25.4 Å². The lowest BCUT2D eigenvalue weighted by Crippen LogP contribution is -2.62. The number of urea groups is 2. The molecule has 10 heteroatoms. The highest BCUT2D eigenvalue weighted by Gasteiger charge is 2.39. The molecule has 3 heterocycles. The average molecular weight is 409 g/mol. The molecule has 1 aromatic carbocycles. The molecular formula is C20H23N7O3. The monoisotopic (exact) mass is 409 g/mol. The number of rotatable bonds is 4. The Bertz CT molecular complexity index is 1070. The molecule has 0 saturated carbocycles. The van der Waals surface area contributed by atoms with E-state index in [2.05, 4.69) is 31.1 Å². The van der Waals surface area contributed by atoms with Crippen LogP contribution in [0.1, 0.15) is 25.5 Å². The minimum atomic E-state index is -0.842. The normalized spacial score (nSPS) is 15.9. The Morgan fingerprint density at radius 1 is 1.23 bits per heavy atom. The van der Waals surface area contributed by atoms with E-state index in [-0.39, 0.29) is 31.2 Å². The van der Waals surface area contributed by atoms with Gasteiger partial charge < -0.3 is 15.3 Å². The molecule has 0 spiro atoms. The average Bonchev–Trinajstić information content (AvgIpc) is 3.08. The van der Waals surface area contributed by atoms with Crippen molar-refractivity contribution in [3.8, 4) is 0 Å². The summed E-state index contributed by atoms with van der Waals surface area (Å²) in [6.45, 7) is 4.11. The summed E-state index contributed by atoms with van der Waals surface area (Å²) < 4.78 is 0. The lowest BCUT2D eigenvalue weighted by atomic mass is 9.98. The van der Waals surface area contributed by atoms with E-state index in [0.29, 0.717) is 22.5 Å². The molecule has 5 N–H and O–H groups in total. The van der Waals surface area contributed by atoms with Crippen LogP contribution in [0.5, 0.6) is 0 Å². The van der Waals surface area contributed by atoms with Crippen LogP contribution in [0.15, 0.2) is 42.6 Å². The van der Waals surface area contributed by atoms with Crippen LogP contribution in [0.25, 0.3) is 10.9 Å². The van der Waals surface area contributed by atoms with Crippen LogP contribution >= 0.6 is 0 Å². The minimum Gasteiger partial charge on any atom is -0.386 e. The van der Waals surface area contributed by atoms with Crippen molar-refractivity contribution in [2.75, 3.05) is 23.7 Å². The standard InChI is InChI=1S/C20H23N7O3/c1-12(13-6-4-3-5-7-13)22-18(28)23-16-8-15-14(9-21-16)17(26-25-15)24-19(29)27-10-20(2,30)11-27/h3-9,12,30H,10-11H2,1-2H3,(H2,21,22,23,28)(H2,24,25,26,29)/t12-/m1/s1. The molecule has 3 aromatic rings. The number of amides is 4. The largest absolute Gasteiger partial charge is 0.386 e. The summed E-state index contributed by atoms with van der Waals surface area (Å²) in [5.41, 5.74) is 0.766. The number of carbonyl (C=O) groups excluding carboxylic acids is 2. The number of anilines is 2. The summed E-state index contributed by atoms with van der Waals surface area (Å²) in [4.78, 5) is 30.2. The third kappa shape index (κ3) is 4.18. The second-order valence-corrected chi connectivity index (χ2v) is 7.70. The molecule has 1 aliphatic heterocycles. The van der Waals surface area contributed by atoms with Crippen molar-refractivity contribution in [2.45, 2.75) is 25.5 Å². The first-order valence-corrected chi connectivity index (χ1v) is 9.56. The SMILES string of the molecule is C[C@@H](NC(=O)Nc1cc2[nH]nc(NC(=O)N3CC(C)(O)C3)c2cn1)c1ccccc1. The van der Waals surface area contributed by atoms with Crippen LogP contribution in [0.2, 0.25) is 0 Å². The number of nitrogens with one attached hydrogen (secondary N) is 4. The van der Waals surface area contributed by atoms with Gasteiger partial charge in [-0.1, -0.05) is 30.3 Å². The van der Waals surface area contributed by atoms with Crippen molar-refractivity contribution in [3.63, 3.8) is 0 Å². The van der Waals surface area contributed by atoms with E-state index < -0.39 is 5.60 Å². The first kappa shape index (κ1) is 19.6. The Labute approximate surface area is 172 Å². The van der Waals surface area contributed by atoms with Gasteiger partial charge in [0.25, 0.3) is 0 Å². The maximum atomic E-state index is 12.3. The molecular weight excluding hydrogens is 386 g/mol.